The number of benzene rings is 2. The number of ketones is 1. The minimum Gasteiger partial charge on any atom is -0.507 e. The molecule has 2 heterocycles. The molecule has 0 unspecified atom stereocenters. The molecule has 8 nitrogen and oxygen atoms in total. The number of furan rings is 1. The normalized spacial score (nSPS) is 26.2. The van der Waals surface area contributed by atoms with Crippen LogP contribution in [0.15, 0.2) is 47.1 Å². The zero-order chi connectivity index (χ0) is 22.3. The Morgan fingerprint density at radius 3 is 2.61 bits per heavy atom. The number of thioether (sulfide) groups is 1. The van der Waals surface area contributed by atoms with Gasteiger partial charge in [-0.2, -0.15) is 0 Å². The van der Waals surface area contributed by atoms with Crippen LogP contribution in [0.1, 0.15) is 21.5 Å². The fraction of sp³-hybridized carbons (Fsp3) is 0.318. The lowest BCUT2D eigenvalue weighted by Gasteiger charge is -2.39. The van der Waals surface area contributed by atoms with E-state index in [1.807, 2.05) is 0 Å². The van der Waals surface area contributed by atoms with Crippen molar-refractivity contribution in [3.8, 4) is 11.5 Å². The molecule has 0 bridgehead atoms. The van der Waals surface area contributed by atoms with Gasteiger partial charge in [-0.3, -0.25) is 4.79 Å². The van der Waals surface area contributed by atoms with Crippen LogP contribution in [0.4, 0.5) is 0 Å². The van der Waals surface area contributed by atoms with Gasteiger partial charge in [-0.15, -0.1) is 11.8 Å². The van der Waals surface area contributed by atoms with Gasteiger partial charge >= 0.3 is 0 Å². The van der Waals surface area contributed by atoms with Gasteiger partial charge in [0.15, 0.2) is 5.44 Å². The maximum absolute atomic E-state index is 13.3. The topological polar surface area (TPSA) is 141 Å². The molecule has 1 saturated heterocycles. The Hall–Kier alpha value is -2.56. The molecule has 1 fully saturated rings. The minimum atomic E-state index is -1.54. The molecule has 2 aromatic carbocycles. The van der Waals surface area contributed by atoms with Crippen molar-refractivity contribution in [1.82, 2.24) is 0 Å². The number of carbonyl (C=O) groups is 1. The number of phenolic OH excluding ortho intramolecular Hbond substituents is 1. The van der Waals surface area contributed by atoms with Crippen LogP contribution in [0.3, 0.4) is 0 Å². The first-order chi connectivity index (χ1) is 14.8. The van der Waals surface area contributed by atoms with Gasteiger partial charge < -0.3 is 34.7 Å². The van der Waals surface area contributed by atoms with E-state index in [-0.39, 0.29) is 17.1 Å². The van der Waals surface area contributed by atoms with Crippen molar-refractivity contribution >= 4 is 28.5 Å². The Balaban J connectivity index is 1.71. The first-order valence-electron chi connectivity index (χ1n) is 9.63. The zero-order valence-corrected chi connectivity index (χ0v) is 17.3. The Labute approximate surface area is 181 Å². The van der Waals surface area contributed by atoms with Gasteiger partial charge in [-0.1, -0.05) is 0 Å². The molecule has 31 heavy (non-hydrogen) atoms. The van der Waals surface area contributed by atoms with Crippen molar-refractivity contribution in [3.63, 3.8) is 0 Å². The SMILES string of the molecule is Cc1cc(O)c(C(=O)c2ccc3occc3c2)c(O[C@@H]2S[C@H](CO)[C@@H](O)[C@H](O)[C@H]2O)c1. The summed E-state index contributed by atoms with van der Waals surface area (Å²) in [6.07, 6.45) is -2.84. The Morgan fingerprint density at radius 1 is 1.10 bits per heavy atom. The molecule has 0 amide bonds. The van der Waals surface area contributed by atoms with Gasteiger partial charge in [0.1, 0.15) is 34.9 Å². The standard InChI is InChI=1S/C22H22O8S/c1-10-6-13(24)17(18(25)12-2-3-14-11(8-12)4-5-29-14)15(7-10)30-22-21(28)20(27)19(26)16(9-23)31-22/h2-8,16,19-24,26-28H,9H2,1H3/t16-,19-,20+,21-,22-/m1/s1. The summed E-state index contributed by atoms with van der Waals surface area (Å²) in [5.41, 5.74) is 0.356. The fourth-order valence-electron chi connectivity index (χ4n) is 3.60. The second kappa shape index (κ2) is 8.52. The lowest BCUT2D eigenvalue weighted by molar-refractivity contribution is -0.0910. The molecule has 0 aliphatic carbocycles. The number of phenols is 1. The van der Waals surface area contributed by atoms with Crippen LogP contribution in [0.5, 0.6) is 11.5 Å². The number of rotatable bonds is 5. The van der Waals surface area contributed by atoms with Crippen LogP contribution >= 0.6 is 11.8 Å². The molecule has 5 N–H and O–H groups in total. The maximum atomic E-state index is 13.3. The van der Waals surface area contributed by atoms with E-state index < -0.39 is 41.4 Å². The van der Waals surface area contributed by atoms with Gasteiger partial charge in [-0.25, -0.2) is 0 Å². The summed E-state index contributed by atoms with van der Waals surface area (Å²) in [6.45, 7) is 1.27. The Kier molecular flexibility index (Phi) is 5.96. The summed E-state index contributed by atoms with van der Waals surface area (Å²) in [7, 11) is 0. The highest BCUT2D eigenvalue weighted by Gasteiger charge is 2.44. The summed E-state index contributed by atoms with van der Waals surface area (Å²) in [5.74, 6) is -0.765. The Morgan fingerprint density at radius 2 is 1.87 bits per heavy atom. The number of aromatic hydroxyl groups is 1. The highest BCUT2D eigenvalue weighted by molar-refractivity contribution is 8.00. The van der Waals surface area contributed by atoms with E-state index in [1.54, 1.807) is 37.3 Å². The summed E-state index contributed by atoms with van der Waals surface area (Å²) >= 11 is 0.940. The molecule has 3 aromatic rings. The molecule has 0 spiro atoms. The van der Waals surface area contributed by atoms with E-state index in [2.05, 4.69) is 0 Å². The molecular formula is C22H22O8S. The average molecular weight is 446 g/mol. The molecule has 1 aliphatic rings. The van der Waals surface area contributed by atoms with E-state index >= 15 is 0 Å². The van der Waals surface area contributed by atoms with Crippen LogP contribution in [0, 0.1) is 6.92 Å². The van der Waals surface area contributed by atoms with Crippen molar-refractivity contribution < 1.29 is 39.5 Å². The zero-order valence-electron chi connectivity index (χ0n) is 16.5. The maximum Gasteiger partial charge on any atom is 0.200 e. The van der Waals surface area contributed by atoms with Gasteiger partial charge in [-0.05, 0) is 48.9 Å². The molecule has 5 atom stereocenters. The lowest BCUT2D eigenvalue weighted by atomic mass is 9.99. The van der Waals surface area contributed by atoms with Crippen molar-refractivity contribution in [2.45, 2.75) is 35.9 Å². The molecule has 0 saturated carbocycles. The van der Waals surface area contributed by atoms with E-state index in [0.717, 1.165) is 17.1 Å². The average Bonchev–Trinajstić information content (AvgIpc) is 3.21. The number of aliphatic hydroxyl groups is 4. The largest absolute Gasteiger partial charge is 0.507 e. The van der Waals surface area contributed by atoms with E-state index in [9.17, 15) is 30.3 Å². The van der Waals surface area contributed by atoms with Gasteiger partial charge in [0.05, 0.1) is 24.2 Å². The minimum absolute atomic E-state index is 0.0200. The third-order valence-corrected chi connectivity index (χ3v) is 6.68. The summed E-state index contributed by atoms with van der Waals surface area (Å²) in [4.78, 5) is 13.3. The van der Waals surface area contributed by atoms with Crippen LogP contribution in [0.25, 0.3) is 11.0 Å². The molecular weight excluding hydrogens is 424 g/mol. The van der Waals surface area contributed by atoms with Crippen molar-refractivity contribution in [3.05, 3.63) is 59.4 Å². The lowest BCUT2D eigenvalue weighted by Crippen LogP contribution is -2.55. The smallest absolute Gasteiger partial charge is 0.200 e. The van der Waals surface area contributed by atoms with E-state index in [1.165, 1.54) is 12.3 Å². The fourth-order valence-corrected chi connectivity index (χ4v) is 4.83. The summed E-state index contributed by atoms with van der Waals surface area (Å²) in [6, 6.07) is 9.55. The Bertz CT molecular complexity index is 1110. The molecule has 164 valence electrons. The quantitative estimate of drug-likeness (QED) is 0.369. The second-order valence-electron chi connectivity index (χ2n) is 7.47. The summed E-state index contributed by atoms with van der Waals surface area (Å²) in [5, 5.41) is 50.4. The number of aliphatic hydroxyl groups excluding tert-OH is 4. The molecule has 9 heteroatoms. The van der Waals surface area contributed by atoms with Crippen LogP contribution < -0.4 is 4.74 Å². The highest BCUT2D eigenvalue weighted by Crippen LogP contribution is 2.38. The first kappa shape index (κ1) is 21.7. The number of carbonyl (C=O) groups excluding carboxylic acids is 1. The predicted octanol–water partition coefficient (Wildman–Crippen LogP) is 1.57. The predicted molar refractivity (Wildman–Crippen MR) is 113 cm³/mol. The number of ether oxygens (including phenoxy) is 1. The monoisotopic (exact) mass is 446 g/mol. The number of hydrogen-bond donors (Lipinski definition) is 5. The first-order valence-corrected chi connectivity index (χ1v) is 10.6. The van der Waals surface area contributed by atoms with Crippen LogP contribution in [0.2, 0.25) is 0 Å². The molecule has 0 radical (unpaired) electrons. The number of aryl methyl sites for hydroxylation is 1. The van der Waals surface area contributed by atoms with E-state index in [0.29, 0.717) is 16.7 Å². The van der Waals surface area contributed by atoms with Crippen molar-refractivity contribution in [2.75, 3.05) is 6.61 Å². The van der Waals surface area contributed by atoms with Crippen LogP contribution in [-0.4, -0.2) is 66.9 Å². The third-order valence-electron chi connectivity index (χ3n) is 5.26. The van der Waals surface area contributed by atoms with Crippen molar-refractivity contribution in [1.29, 1.82) is 0 Å². The molecule has 1 aromatic heterocycles. The van der Waals surface area contributed by atoms with Gasteiger partial charge in [0, 0.05) is 10.9 Å². The number of fused-ring (bicyclic) bond motifs is 1. The van der Waals surface area contributed by atoms with Crippen molar-refractivity contribution in [2.24, 2.45) is 0 Å². The van der Waals surface area contributed by atoms with Gasteiger partial charge in [0.2, 0.25) is 5.78 Å². The highest BCUT2D eigenvalue weighted by atomic mass is 32.2. The van der Waals surface area contributed by atoms with E-state index in [4.69, 9.17) is 9.15 Å². The molecule has 1 aliphatic heterocycles. The third kappa shape index (κ3) is 4.02. The van der Waals surface area contributed by atoms with Crippen LogP contribution in [-0.2, 0) is 0 Å². The summed E-state index contributed by atoms with van der Waals surface area (Å²) < 4.78 is 11.2. The number of hydrogen-bond acceptors (Lipinski definition) is 9. The van der Waals surface area contributed by atoms with Gasteiger partial charge in [0.25, 0.3) is 0 Å². The second-order valence-corrected chi connectivity index (χ2v) is 8.82. The molecule has 4 rings (SSSR count).